The zero-order chi connectivity index (χ0) is 19.2. The molecule has 1 saturated heterocycles. The highest BCUT2D eigenvalue weighted by Gasteiger charge is 2.35. The summed E-state index contributed by atoms with van der Waals surface area (Å²) in [6.07, 6.45) is 4.06. The summed E-state index contributed by atoms with van der Waals surface area (Å²) in [5.74, 6) is -0.474. The molecule has 2 aromatic heterocycles. The maximum absolute atomic E-state index is 12.5. The van der Waals surface area contributed by atoms with Gasteiger partial charge in [-0.2, -0.15) is 5.10 Å². The first kappa shape index (κ1) is 19.1. The van der Waals surface area contributed by atoms with E-state index in [0.29, 0.717) is 31.8 Å². The number of aliphatic hydroxyl groups is 1. The first-order valence-corrected chi connectivity index (χ1v) is 9.16. The first-order valence-electron chi connectivity index (χ1n) is 9.16. The summed E-state index contributed by atoms with van der Waals surface area (Å²) in [7, 11) is 0. The fourth-order valence-electron chi connectivity index (χ4n) is 3.20. The van der Waals surface area contributed by atoms with Gasteiger partial charge in [0.2, 0.25) is 11.8 Å². The summed E-state index contributed by atoms with van der Waals surface area (Å²) in [4.78, 5) is 26.5. The van der Waals surface area contributed by atoms with Gasteiger partial charge in [0, 0.05) is 44.6 Å². The second-order valence-electron chi connectivity index (χ2n) is 6.83. The van der Waals surface area contributed by atoms with Gasteiger partial charge in [0.25, 0.3) is 0 Å². The molecule has 1 fully saturated rings. The fraction of sp³-hybridized carbons (Fsp3) is 0.556. The minimum absolute atomic E-state index is 0.106. The van der Waals surface area contributed by atoms with Crippen molar-refractivity contribution >= 4 is 11.8 Å². The van der Waals surface area contributed by atoms with Gasteiger partial charge in [-0.1, -0.05) is 5.16 Å². The molecule has 9 nitrogen and oxygen atoms in total. The SMILES string of the molecule is Cc1cc(CC(=O)N2CC[C@@H](O)[C@@H](C(=O)NCCCn3cccn3)C2)on1. The molecule has 2 aromatic rings. The zero-order valence-electron chi connectivity index (χ0n) is 15.4. The van der Waals surface area contributed by atoms with Gasteiger partial charge in [-0.15, -0.1) is 0 Å². The van der Waals surface area contributed by atoms with E-state index in [4.69, 9.17) is 4.52 Å². The number of piperidine rings is 1. The van der Waals surface area contributed by atoms with Crippen LogP contribution in [0, 0.1) is 12.8 Å². The lowest BCUT2D eigenvalue weighted by Gasteiger charge is -2.35. The van der Waals surface area contributed by atoms with Crippen LogP contribution in [-0.4, -0.2) is 62.5 Å². The molecule has 2 N–H and O–H groups in total. The van der Waals surface area contributed by atoms with Gasteiger partial charge >= 0.3 is 0 Å². The lowest BCUT2D eigenvalue weighted by molar-refractivity contribution is -0.139. The lowest BCUT2D eigenvalue weighted by Crippen LogP contribution is -2.52. The Morgan fingerprint density at radius 2 is 2.30 bits per heavy atom. The minimum atomic E-state index is -0.743. The number of rotatable bonds is 7. The van der Waals surface area contributed by atoms with Crippen molar-refractivity contribution in [1.29, 1.82) is 0 Å². The normalized spacial score (nSPS) is 19.9. The largest absolute Gasteiger partial charge is 0.392 e. The van der Waals surface area contributed by atoms with E-state index in [2.05, 4.69) is 15.6 Å². The number of aryl methyl sites for hydroxylation is 2. The van der Waals surface area contributed by atoms with Crippen LogP contribution in [0.15, 0.2) is 29.0 Å². The Balaban J connectivity index is 1.46. The third-order valence-electron chi connectivity index (χ3n) is 4.69. The smallest absolute Gasteiger partial charge is 0.230 e. The molecular formula is C18H25N5O4. The Morgan fingerprint density at radius 1 is 1.44 bits per heavy atom. The monoisotopic (exact) mass is 375 g/mol. The van der Waals surface area contributed by atoms with Crippen molar-refractivity contribution in [2.75, 3.05) is 19.6 Å². The maximum Gasteiger partial charge on any atom is 0.230 e. The van der Waals surface area contributed by atoms with Crippen LogP contribution < -0.4 is 5.32 Å². The zero-order valence-corrected chi connectivity index (χ0v) is 15.4. The van der Waals surface area contributed by atoms with E-state index >= 15 is 0 Å². The van der Waals surface area contributed by atoms with E-state index < -0.39 is 12.0 Å². The number of amides is 2. The Hall–Kier alpha value is -2.68. The number of carbonyl (C=O) groups is 2. The number of nitrogens with zero attached hydrogens (tertiary/aromatic N) is 4. The van der Waals surface area contributed by atoms with Gasteiger partial charge in [-0.3, -0.25) is 14.3 Å². The molecule has 2 atom stereocenters. The second kappa shape index (κ2) is 8.81. The highest BCUT2D eigenvalue weighted by atomic mass is 16.5. The Labute approximate surface area is 157 Å². The van der Waals surface area contributed by atoms with Crippen LogP contribution in [0.5, 0.6) is 0 Å². The van der Waals surface area contributed by atoms with Crippen molar-refractivity contribution in [2.45, 2.75) is 38.8 Å². The summed E-state index contributed by atoms with van der Waals surface area (Å²) in [5.41, 5.74) is 0.722. The van der Waals surface area contributed by atoms with Gasteiger partial charge in [-0.05, 0) is 25.8 Å². The van der Waals surface area contributed by atoms with Crippen LogP contribution >= 0.6 is 0 Å². The molecule has 146 valence electrons. The minimum Gasteiger partial charge on any atom is -0.392 e. The third-order valence-corrected chi connectivity index (χ3v) is 4.69. The molecule has 0 unspecified atom stereocenters. The van der Waals surface area contributed by atoms with Gasteiger partial charge < -0.3 is 19.8 Å². The third kappa shape index (κ3) is 5.16. The molecular weight excluding hydrogens is 350 g/mol. The molecule has 0 aliphatic carbocycles. The van der Waals surface area contributed by atoms with Crippen LogP contribution in [0.25, 0.3) is 0 Å². The van der Waals surface area contributed by atoms with E-state index in [1.54, 1.807) is 28.8 Å². The van der Waals surface area contributed by atoms with Crippen molar-refractivity contribution < 1.29 is 19.2 Å². The number of likely N-dealkylation sites (tertiary alicyclic amines) is 1. The van der Waals surface area contributed by atoms with Crippen LogP contribution in [-0.2, 0) is 22.6 Å². The standard InChI is InChI=1S/C18H25N5O4/c1-13-10-14(27-21-13)11-17(25)22-9-4-16(24)15(12-22)18(26)19-5-2-7-23-8-3-6-20-23/h3,6,8,10,15-16,24H,2,4-5,7,9,11-12H2,1H3,(H,19,26)/t15-,16+/m0/s1. The van der Waals surface area contributed by atoms with Gasteiger partial charge in [-0.25, -0.2) is 0 Å². The number of aliphatic hydroxyl groups excluding tert-OH is 1. The summed E-state index contributed by atoms with van der Waals surface area (Å²) in [5, 5.41) is 20.9. The highest BCUT2D eigenvalue weighted by Crippen LogP contribution is 2.19. The average Bonchev–Trinajstić information content (AvgIpc) is 3.30. The van der Waals surface area contributed by atoms with E-state index in [9.17, 15) is 14.7 Å². The van der Waals surface area contributed by atoms with Crippen LogP contribution in [0.2, 0.25) is 0 Å². The predicted octanol–water partition coefficient (Wildman–Crippen LogP) is 0.138. The predicted molar refractivity (Wildman–Crippen MR) is 95.5 cm³/mol. The molecule has 0 spiro atoms. The Bertz CT molecular complexity index is 758. The number of carbonyl (C=O) groups excluding carboxylic acids is 2. The molecule has 0 radical (unpaired) electrons. The Morgan fingerprint density at radius 3 is 3.00 bits per heavy atom. The summed E-state index contributed by atoms with van der Waals surface area (Å²) >= 11 is 0. The molecule has 0 bridgehead atoms. The molecule has 1 aliphatic rings. The van der Waals surface area contributed by atoms with Crippen molar-refractivity contribution in [3.05, 3.63) is 36.0 Å². The number of nitrogens with one attached hydrogen (secondary N) is 1. The fourth-order valence-corrected chi connectivity index (χ4v) is 3.20. The van der Waals surface area contributed by atoms with Crippen molar-refractivity contribution in [1.82, 2.24) is 25.2 Å². The molecule has 27 heavy (non-hydrogen) atoms. The number of hydrogen-bond acceptors (Lipinski definition) is 6. The van der Waals surface area contributed by atoms with Crippen LogP contribution in [0.3, 0.4) is 0 Å². The number of hydrogen-bond donors (Lipinski definition) is 2. The van der Waals surface area contributed by atoms with Gasteiger partial charge in [0.1, 0.15) is 5.76 Å². The van der Waals surface area contributed by atoms with Crippen molar-refractivity contribution in [3.63, 3.8) is 0 Å². The van der Waals surface area contributed by atoms with E-state index in [-0.39, 0.29) is 24.8 Å². The van der Waals surface area contributed by atoms with Crippen LogP contribution in [0.1, 0.15) is 24.3 Å². The molecule has 2 amide bonds. The van der Waals surface area contributed by atoms with Crippen molar-refractivity contribution in [2.24, 2.45) is 5.92 Å². The Kier molecular flexibility index (Phi) is 6.23. The highest BCUT2D eigenvalue weighted by molar-refractivity contribution is 5.82. The topological polar surface area (TPSA) is 113 Å². The van der Waals surface area contributed by atoms with E-state index in [1.807, 2.05) is 12.3 Å². The second-order valence-corrected chi connectivity index (χ2v) is 6.83. The quantitative estimate of drug-likeness (QED) is 0.666. The average molecular weight is 375 g/mol. The lowest BCUT2D eigenvalue weighted by atomic mass is 9.93. The van der Waals surface area contributed by atoms with Gasteiger partial charge in [0.05, 0.1) is 24.1 Å². The summed E-state index contributed by atoms with van der Waals surface area (Å²) < 4.78 is 6.88. The summed E-state index contributed by atoms with van der Waals surface area (Å²) in [6.45, 7) is 3.63. The molecule has 3 rings (SSSR count). The molecule has 0 aromatic carbocycles. The number of aromatic nitrogens is 3. The van der Waals surface area contributed by atoms with E-state index in [0.717, 1.165) is 12.1 Å². The first-order chi connectivity index (χ1) is 13.0. The molecule has 0 saturated carbocycles. The maximum atomic E-state index is 12.5. The molecule has 1 aliphatic heterocycles. The van der Waals surface area contributed by atoms with E-state index in [1.165, 1.54) is 0 Å². The van der Waals surface area contributed by atoms with Crippen molar-refractivity contribution in [3.8, 4) is 0 Å². The molecule has 9 heteroatoms. The summed E-state index contributed by atoms with van der Waals surface area (Å²) in [6, 6.07) is 3.57. The molecule has 3 heterocycles. The van der Waals surface area contributed by atoms with Gasteiger partial charge in [0.15, 0.2) is 0 Å². The van der Waals surface area contributed by atoms with Crippen LogP contribution in [0.4, 0.5) is 0 Å².